The first-order valence-electron chi connectivity index (χ1n) is 7.93. The van der Waals surface area contributed by atoms with Gasteiger partial charge in [-0.1, -0.05) is 11.6 Å². The van der Waals surface area contributed by atoms with Gasteiger partial charge in [0, 0.05) is 12.1 Å². The molecule has 0 spiro atoms. The number of hydrogen-bond donors (Lipinski definition) is 1. The van der Waals surface area contributed by atoms with E-state index in [-0.39, 0.29) is 28.9 Å². The SMILES string of the molecule is COc1nc2nc(Cl)c(-c3c(F)cc(F)cc3OC)c(NC(C)C(F)(F)F)n2n1. The Bertz CT molecular complexity index is 1070. The molecule has 1 aromatic carbocycles. The van der Waals surface area contributed by atoms with Crippen LogP contribution in [0.5, 0.6) is 11.8 Å². The van der Waals surface area contributed by atoms with Gasteiger partial charge in [-0.05, 0) is 6.92 Å². The number of methoxy groups -OCH3 is 2. The first-order chi connectivity index (χ1) is 13.6. The van der Waals surface area contributed by atoms with Crippen LogP contribution in [0.15, 0.2) is 12.1 Å². The molecule has 0 amide bonds. The Morgan fingerprint density at radius 3 is 2.38 bits per heavy atom. The minimum atomic E-state index is -4.66. The Kier molecular flexibility index (Phi) is 5.39. The summed E-state index contributed by atoms with van der Waals surface area (Å²) in [4.78, 5) is 7.79. The Hall–Kier alpha value is -2.89. The van der Waals surface area contributed by atoms with Gasteiger partial charge in [-0.2, -0.15) is 27.7 Å². The average Bonchev–Trinajstić information content (AvgIpc) is 3.04. The van der Waals surface area contributed by atoms with Crippen molar-refractivity contribution in [2.45, 2.75) is 19.1 Å². The lowest BCUT2D eigenvalue weighted by atomic mass is 10.1. The molecule has 1 atom stereocenters. The van der Waals surface area contributed by atoms with Crippen LogP contribution in [0.1, 0.15) is 6.92 Å². The minimum Gasteiger partial charge on any atom is -0.496 e. The number of nitrogens with one attached hydrogen (secondary N) is 1. The summed E-state index contributed by atoms with van der Waals surface area (Å²) in [5, 5.41) is 5.69. The summed E-state index contributed by atoms with van der Waals surface area (Å²) in [5.74, 6) is -2.97. The molecule has 2 aromatic heterocycles. The first-order valence-corrected chi connectivity index (χ1v) is 8.31. The van der Waals surface area contributed by atoms with Crippen molar-refractivity contribution in [3.63, 3.8) is 0 Å². The molecule has 7 nitrogen and oxygen atoms in total. The number of anilines is 1. The number of nitrogens with zero attached hydrogens (tertiary/aromatic N) is 4. The van der Waals surface area contributed by atoms with E-state index in [0.29, 0.717) is 6.07 Å². The van der Waals surface area contributed by atoms with Crippen LogP contribution >= 0.6 is 11.6 Å². The second-order valence-electron chi connectivity index (χ2n) is 5.81. The van der Waals surface area contributed by atoms with E-state index in [9.17, 15) is 22.0 Å². The molecule has 0 fully saturated rings. The summed E-state index contributed by atoms with van der Waals surface area (Å²) < 4.78 is 78.6. The summed E-state index contributed by atoms with van der Waals surface area (Å²) in [6.45, 7) is 0.844. The van der Waals surface area contributed by atoms with E-state index >= 15 is 0 Å². The van der Waals surface area contributed by atoms with Crippen LogP contribution in [0.3, 0.4) is 0 Å². The van der Waals surface area contributed by atoms with Gasteiger partial charge in [-0.15, -0.1) is 5.10 Å². The quantitative estimate of drug-likeness (QED) is 0.478. The lowest BCUT2D eigenvalue weighted by Gasteiger charge is -2.22. The molecule has 0 aliphatic heterocycles. The molecular formula is C16H13ClF5N5O2. The number of benzene rings is 1. The molecule has 0 radical (unpaired) electrons. The number of hydrogen-bond acceptors (Lipinski definition) is 6. The lowest BCUT2D eigenvalue weighted by molar-refractivity contribution is -0.138. The molecule has 0 saturated carbocycles. The summed E-state index contributed by atoms with van der Waals surface area (Å²) >= 11 is 6.16. The van der Waals surface area contributed by atoms with Crippen LogP contribution in [-0.2, 0) is 0 Å². The zero-order valence-corrected chi connectivity index (χ0v) is 15.9. The van der Waals surface area contributed by atoms with E-state index in [2.05, 4.69) is 20.4 Å². The molecule has 2 heterocycles. The first kappa shape index (κ1) is 20.8. The molecule has 1 N–H and O–H groups in total. The fourth-order valence-electron chi connectivity index (χ4n) is 2.54. The van der Waals surface area contributed by atoms with Crippen molar-refractivity contribution in [3.05, 3.63) is 28.9 Å². The highest BCUT2D eigenvalue weighted by molar-refractivity contribution is 6.33. The number of aromatic nitrogens is 4. The van der Waals surface area contributed by atoms with Crippen molar-refractivity contribution >= 4 is 23.2 Å². The van der Waals surface area contributed by atoms with Gasteiger partial charge in [0.05, 0.1) is 25.3 Å². The maximum absolute atomic E-state index is 14.7. The van der Waals surface area contributed by atoms with E-state index in [1.807, 2.05) is 0 Å². The molecular weight excluding hydrogens is 425 g/mol. The Labute approximate surface area is 165 Å². The van der Waals surface area contributed by atoms with Crippen molar-refractivity contribution in [2.24, 2.45) is 0 Å². The standard InChI is InChI=1S/C16H13ClF5N5O2/c1-6(16(20,21)22)23-13-11(10-8(19)4-7(18)5-9(10)28-2)12(17)24-14-25-15(29-3)26-27(13)14/h4-6,23H,1-3H3. The van der Waals surface area contributed by atoms with Gasteiger partial charge >= 0.3 is 12.2 Å². The second-order valence-corrected chi connectivity index (χ2v) is 6.17. The predicted molar refractivity (Wildman–Crippen MR) is 93.4 cm³/mol. The van der Waals surface area contributed by atoms with Crippen LogP contribution in [0.4, 0.5) is 27.8 Å². The Morgan fingerprint density at radius 2 is 1.79 bits per heavy atom. The number of ether oxygens (including phenoxy) is 2. The molecule has 0 bridgehead atoms. The van der Waals surface area contributed by atoms with Gasteiger partial charge in [0.1, 0.15) is 34.4 Å². The van der Waals surface area contributed by atoms with E-state index < -0.39 is 34.6 Å². The van der Waals surface area contributed by atoms with Crippen molar-refractivity contribution in [1.82, 2.24) is 19.6 Å². The fraction of sp³-hybridized carbons (Fsp3) is 0.312. The third kappa shape index (κ3) is 3.84. The Balaban J connectivity index is 2.38. The summed E-state index contributed by atoms with van der Waals surface area (Å²) in [6, 6.07) is -0.901. The zero-order chi connectivity index (χ0) is 21.5. The van der Waals surface area contributed by atoms with Crippen molar-refractivity contribution in [1.29, 1.82) is 0 Å². The summed E-state index contributed by atoms with van der Waals surface area (Å²) in [7, 11) is 2.38. The second kappa shape index (κ2) is 7.50. The predicted octanol–water partition coefficient (Wildman–Crippen LogP) is 4.10. The van der Waals surface area contributed by atoms with Crippen LogP contribution in [-0.4, -0.2) is 46.0 Å². The molecule has 13 heteroatoms. The Morgan fingerprint density at radius 1 is 1.10 bits per heavy atom. The molecule has 0 aliphatic carbocycles. The average molecular weight is 438 g/mol. The van der Waals surface area contributed by atoms with E-state index in [4.69, 9.17) is 21.1 Å². The number of rotatable bonds is 5. The highest BCUT2D eigenvalue weighted by Gasteiger charge is 2.38. The highest BCUT2D eigenvalue weighted by atomic mass is 35.5. The van der Waals surface area contributed by atoms with Crippen molar-refractivity contribution < 1.29 is 31.4 Å². The topological polar surface area (TPSA) is 73.6 Å². The maximum Gasteiger partial charge on any atom is 0.408 e. The zero-order valence-electron chi connectivity index (χ0n) is 15.1. The molecule has 156 valence electrons. The molecule has 1 unspecified atom stereocenters. The summed E-state index contributed by atoms with van der Waals surface area (Å²) in [6.07, 6.45) is -4.66. The minimum absolute atomic E-state index is 0.200. The third-order valence-corrected chi connectivity index (χ3v) is 4.21. The van der Waals surface area contributed by atoms with Gasteiger partial charge in [-0.25, -0.2) is 8.78 Å². The largest absolute Gasteiger partial charge is 0.496 e. The van der Waals surface area contributed by atoms with E-state index in [0.717, 1.165) is 24.6 Å². The smallest absolute Gasteiger partial charge is 0.408 e. The lowest BCUT2D eigenvalue weighted by Crippen LogP contribution is -2.34. The van der Waals surface area contributed by atoms with Gasteiger partial charge in [0.15, 0.2) is 0 Å². The van der Waals surface area contributed by atoms with Crippen LogP contribution in [0.25, 0.3) is 16.9 Å². The number of alkyl halides is 3. The normalized spacial score (nSPS) is 12.9. The van der Waals surface area contributed by atoms with Crippen LogP contribution in [0.2, 0.25) is 5.15 Å². The van der Waals surface area contributed by atoms with Gasteiger partial charge in [-0.3, -0.25) is 0 Å². The molecule has 3 rings (SSSR count). The van der Waals surface area contributed by atoms with Gasteiger partial charge < -0.3 is 14.8 Å². The van der Waals surface area contributed by atoms with Crippen molar-refractivity contribution in [3.8, 4) is 22.9 Å². The number of halogens is 6. The van der Waals surface area contributed by atoms with Crippen molar-refractivity contribution in [2.75, 3.05) is 19.5 Å². The van der Waals surface area contributed by atoms with Gasteiger partial charge in [0.2, 0.25) is 0 Å². The monoisotopic (exact) mass is 437 g/mol. The highest BCUT2D eigenvalue weighted by Crippen LogP contribution is 2.42. The molecule has 3 aromatic rings. The number of fused-ring (bicyclic) bond motifs is 1. The van der Waals surface area contributed by atoms with Gasteiger partial charge in [0.25, 0.3) is 5.78 Å². The summed E-state index contributed by atoms with van der Waals surface area (Å²) in [5.41, 5.74) is -0.725. The van der Waals surface area contributed by atoms with Crippen LogP contribution in [0, 0.1) is 11.6 Å². The van der Waals surface area contributed by atoms with E-state index in [1.54, 1.807) is 0 Å². The maximum atomic E-state index is 14.7. The third-order valence-electron chi connectivity index (χ3n) is 3.94. The van der Waals surface area contributed by atoms with E-state index in [1.165, 1.54) is 7.11 Å². The van der Waals surface area contributed by atoms with Crippen LogP contribution < -0.4 is 14.8 Å². The molecule has 29 heavy (non-hydrogen) atoms. The fourth-order valence-corrected chi connectivity index (χ4v) is 2.80. The molecule has 0 saturated heterocycles. The molecule has 0 aliphatic rings.